The molecule has 6 heteroatoms. The number of hydrogen-bond acceptors (Lipinski definition) is 6. The Kier molecular flexibility index (Phi) is 4.98. The van der Waals surface area contributed by atoms with Crippen molar-refractivity contribution in [3.05, 3.63) is 40.2 Å². The second kappa shape index (κ2) is 7.35. The average molecular weight is 348 g/mol. The maximum Gasteiger partial charge on any atom is 0.117 e. The highest BCUT2D eigenvalue weighted by Crippen LogP contribution is 2.32. The molecule has 5 nitrogen and oxygen atoms in total. The molecule has 2 fully saturated rings. The molecule has 0 spiro atoms. The summed E-state index contributed by atoms with van der Waals surface area (Å²) in [6, 6.07) is 4.53. The summed E-state index contributed by atoms with van der Waals surface area (Å²) >= 11 is 1.67. The Hall–Kier alpha value is -1.21. The minimum absolute atomic E-state index is 0.217. The zero-order valence-electron chi connectivity index (χ0n) is 14.0. The first kappa shape index (κ1) is 16.3. The molecule has 0 bridgehead atoms. The van der Waals surface area contributed by atoms with E-state index in [0.29, 0.717) is 25.4 Å². The van der Waals surface area contributed by atoms with Crippen LogP contribution in [0.2, 0.25) is 0 Å². The summed E-state index contributed by atoms with van der Waals surface area (Å²) in [5.74, 6) is 1.04. The van der Waals surface area contributed by atoms with Gasteiger partial charge in [0.1, 0.15) is 5.76 Å². The number of rotatable bonds is 6. The maximum absolute atomic E-state index is 6.29. The SMILES string of the molecule is Cc1nc(COC[C@@H]2CC[C@H]3[C@H](CCN3Cc3ccco3)O2)cs1. The first-order valence-electron chi connectivity index (χ1n) is 8.68. The Bertz CT molecular complexity index is 642. The van der Waals surface area contributed by atoms with Crippen molar-refractivity contribution in [1.82, 2.24) is 9.88 Å². The Morgan fingerprint density at radius 2 is 2.33 bits per heavy atom. The third-order valence-electron chi connectivity index (χ3n) is 4.91. The molecule has 0 saturated carbocycles. The quantitative estimate of drug-likeness (QED) is 0.801. The van der Waals surface area contributed by atoms with Crippen LogP contribution in [0.4, 0.5) is 0 Å². The molecule has 130 valence electrons. The van der Waals surface area contributed by atoms with Crippen molar-refractivity contribution in [2.75, 3.05) is 13.2 Å². The molecule has 2 aromatic heterocycles. The lowest BCUT2D eigenvalue weighted by atomic mass is 9.99. The molecule has 4 heterocycles. The van der Waals surface area contributed by atoms with Crippen LogP contribution in [-0.4, -0.2) is 41.3 Å². The smallest absolute Gasteiger partial charge is 0.117 e. The molecule has 2 saturated heterocycles. The fourth-order valence-corrected chi connectivity index (χ4v) is 4.37. The van der Waals surface area contributed by atoms with Crippen LogP contribution in [-0.2, 0) is 22.6 Å². The van der Waals surface area contributed by atoms with E-state index < -0.39 is 0 Å². The highest BCUT2D eigenvalue weighted by Gasteiger charge is 2.39. The van der Waals surface area contributed by atoms with Crippen LogP contribution >= 0.6 is 11.3 Å². The van der Waals surface area contributed by atoms with Gasteiger partial charge in [0, 0.05) is 18.0 Å². The van der Waals surface area contributed by atoms with Gasteiger partial charge in [-0.15, -0.1) is 11.3 Å². The molecule has 24 heavy (non-hydrogen) atoms. The van der Waals surface area contributed by atoms with Crippen molar-refractivity contribution in [1.29, 1.82) is 0 Å². The summed E-state index contributed by atoms with van der Waals surface area (Å²) in [5, 5.41) is 3.16. The van der Waals surface area contributed by atoms with Gasteiger partial charge in [0.05, 0.1) is 48.9 Å². The monoisotopic (exact) mass is 348 g/mol. The van der Waals surface area contributed by atoms with Crippen LogP contribution in [0.1, 0.15) is 35.7 Å². The predicted octanol–water partition coefficient (Wildman–Crippen LogP) is 3.38. The molecule has 2 aromatic rings. The van der Waals surface area contributed by atoms with Gasteiger partial charge in [-0.3, -0.25) is 4.90 Å². The molecule has 4 rings (SSSR count). The molecule has 0 radical (unpaired) electrons. The standard InChI is InChI=1S/C18H24N2O3S/c1-13-19-14(12-24-13)10-21-11-16-4-5-17-18(23-16)6-7-20(17)9-15-3-2-8-22-15/h2-3,8,12,16-18H,4-7,9-11H2,1H3/t16-,17-,18-/m0/s1. The topological polar surface area (TPSA) is 47.7 Å². The highest BCUT2D eigenvalue weighted by atomic mass is 32.1. The van der Waals surface area contributed by atoms with Gasteiger partial charge in [0.2, 0.25) is 0 Å². The normalized spacial score (nSPS) is 27.5. The minimum Gasteiger partial charge on any atom is -0.468 e. The summed E-state index contributed by atoms with van der Waals surface area (Å²) in [5.41, 5.74) is 1.02. The predicted molar refractivity (Wildman–Crippen MR) is 91.9 cm³/mol. The fraction of sp³-hybridized carbons (Fsp3) is 0.611. The minimum atomic E-state index is 0.217. The van der Waals surface area contributed by atoms with Gasteiger partial charge in [0.15, 0.2) is 0 Å². The van der Waals surface area contributed by atoms with E-state index in [9.17, 15) is 0 Å². The van der Waals surface area contributed by atoms with Gasteiger partial charge in [0.25, 0.3) is 0 Å². The number of fused-ring (bicyclic) bond motifs is 1. The molecule has 0 N–H and O–H groups in total. The Balaban J connectivity index is 1.23. The second-order valence-electron chi connectivity index (χ2n) is 6.65. The number of likely N-dealkylation sites (tertiary alicyclic amines) is 1. The Morgan fingerprint density at radius 1 is 1.38 bits per heavy atom. The third-order valence-corrected chi connectivity index (χ3v) is 5.73. The van der Waals surface area contributed by atoms with Gasteiger partial charge >= 0.3 is 0 Å². The molecule has 0 amide bonds. The number of hydrogen-bond donors (Lipinski definition) is 0. The zero-order chi connectivity index (χ0) is 16.4. The largest absolute Gasteiger partial charge is 0.468 e. The summed E-state index contributed by atoms with van der Waals surface area (Å²) in [4.78, 5) is 6.93. The van der Waals surface area contributed by atoms with E-state index in [1.807, 2.05) is 19.1 Å². The second-order valence-corrected chi connectivity index (χ2v) is 7.71. The molecular weight excluding hydrogens is 324 g/mol. The first-order valence-corrected chi connectivity index (χ1v) is 9.56. The number of furan rings is 1. The van der Waals surface area contributed by atoms with Gasteiger partial charge in [-0.2, -0.15) is 0 Å². The summed E-state index contributed by atoms with van der Waals surface area (Å²) in [6.45, 7) is 5.25. The third kappa shape index (κ3) is 3.72. The van der Waals surface area contributed by atoms with Crippen LogP contribution in [0.3, 0.4) is 0 Å². The van der Waals surface area contributed by atoms with E-state index in [4.69, 9.17) is 13.9 Å². The van der Waals surface area contributed by atoms with Crippen molar-refractivity contribution in [2.45, 2.75) is 57.6 Å². The van der Waals surface area contributed by atoms with Crippen LogP contribution in [0.15, 0.2) is 28.2 Å². The van der Waals surface area contributed by atoms with Gasteiger partial charge in [-0.05, 0) is 38.3 Å². The van der Waals surface area contributed by atoms with Crippen molar-refractivity contribution in [2.24, 2.45) is 0 Å². The summed E-state index contributed by atoms with van der Waals surface area (Å²) < 4.78 is 17.6. The van der Waals surface area contributed by atoms with Crippen molar-refractivity contribution < 1.29 is 13.9 Å². The van der Waals surface area contributed by atoms with E-state index in [2.05, 4.69) is 15.3 Å². The fourth-order valence-electron chi connectivity index (χ4n) is 3.78. The summed E-state index contributed by atoms with van der Waals surface area (Å²) in [6.07, 6.45) is 5.64. The van der Waals surface area contributed by atoms with E-state index in [1.54, 1.807) is 17.6 Å². The Morgan fingerprint density at radius 3 is 3.12 bits per heavy atom. The number of ether oxygens (including phenoxy) is 2. The van der Waals surface area contributed by atoms with E-state index >= 15 is 0 Å². The van der Waals surface area contributed by atoms with Crippen LogP contribution in [0.25, 0.3) is 0 Å². The van der Waals surface area contributed by atoms with Crippen LogP contribution in [0.5, 0.6) is 0 Å². The number of nitrogens with zero attached hydrogens (tertiary/aromatic N) is 2. The number of aryl methyl sites for hydroxylation is 1. The molecule has 0 unspecified atom stereocenters. The highest BCUT2D eigenvalue weighted by molar-refractivity contribution is 7.09. The van der Waals surface area contributed by atoms with Gasteiger partial charge in [-0.1, -0.05) is 0 Å². The van der Waals surface area contributed by atoms with E-state index in [-0.39, 0.29) is 6.10 Å². The molecular formula is C18H24N2O3S. The van der Waals surface area contributed by atoms with Crippen molar-refractivity contribution in [3.8, 4) is 0 Å². The number of aromatic nitrogens is 1. The summed E-state index contributed by atoms with van der Waals surface area (Å²) in [7, 11) is 0. The van der Waals surface area contributed by atoms with Gasteiger partial charge < -0.3 is 13.9 Å². The maximum atomic E-state index is 6.29. The van der Waals surface area contributed by atoms with Crippen molar-refractivity contribution >= 4 is 11.3 Å². The van der Waals surface area contributed by atoms with E-state index in [1.165, 1.54) is 6.42 Å². The molecule has 3 atom stereocenters. The van der Waals surface area contributed by atoms with E-state index in [0.717, 1.165) is 42.4 Å². The molecule has 0 aromatic carbocycles. The first-order chi connectivity index (χ1) is 11.8. The average Bonchev–Trinajstić information content (AvgIpc) is 3.31. The Labute approximate surface area is 146 Å². The van der Waals surface area contributed by atoms with Crippen molar-refractivity contribution in [3.63, 3.8) is 0 Å². The molecule has 2 aliphatic rings. The zero-order valence-corrected chi connectivity index (χ0v) is 14.8. The van der Waals surface area contributed by atoms with Crippen LogP contribution < -0.4 is 0 Å². The van der Waals surface area contributed by atoms with Crippen LogP contribution in [0, 0.1) is 6.92 Å². The lowest BCUT2D eigenvalue weighted by Gasteiger charge is -2.35. The van der Waals surface area contributed by atoms with Gasteiger partial charge in [-0.25, -0.2) is 4.98 Å². The molecule has 2 aliphatic heterocycles. The lowest BCUT2D eigenvalue weighted by Crippen LogP contribution is -2.43. The molecule has 0 aliphatic carbocycles. The lowest BCUT2D eigenvalue weighted by molar-refractivity contribution is -0.103. The number of thiazole rings is 1.